The van der Waals surface area contributed by atoms with Gasteiger partial charge in [-0.25, -0.2) is 5.01 Å². The summed E-state index contributed by atoms with van der Waals surface area (Å²) in [5, 5.41) is 5.40. The Kier molecular flexibility index (Phi) is 3.36. The average molecular weight is 278 g/mol. The van der Waals surface area contributed by atoms with E-state index < -0.39 is 0 Å². The molecule has 3 rings (SSSR count). The number of anilines is 1. The minimum atomic E-state index is -0.0588. The van der Waals surface area contributed by atoms with Crippen LogP contribution in [-0.2, 0) is 4.79 Å². The van der Waals surface area contributed by atoms with Crippen molar-refractivity contribution in [2.75, 3.05) is 5.01 Å². The highest BCUT2D eigenvalue weighted by Gasteiger charge is 2.20. The van der Waals surface area contributed by atoms with Crippen molar-refractivity contribution in [1.29, 1.82) is 0 Å². The van der Waals surface area contributed by atoms with Gasteiger partial charge in [0.15, 0.2) is 5.78 Å². The molecule has 0 N–H and O–H groups in total. The first-order chi connectivity index (χ1) is 10.2. The molecule has 4 heteroatoms. The van der Waals surface area contributed by atoms with E-state index in [0.717, 1.165) is 5.56 Å². The fourth-order valence-electron chi connectivity index (χ4n) is 2.34. The number of carbonyl (C=O) groups is 2. The van der Waals surface area contributed by atoms with Gasteiger partial charge >= 0.3 is 0 Å². The summed E-state index contributed by atoms with van der Waals surface area (Å²) in [5.74, 6) is -0.0764. The van der Waals surface area contributed by atoms with Gasteiger partial charge in [0.1, 0.15) is 0 Å². The molecule has 0 spiro atoms. The van der Waals surface area contributed by atoms with Crippen LogP contribution in [-0.4, -0.2) is 17.9 Å². The Morgan fingerprint density at radius 1 is 1.14 bits per heavy atom. The Balaban J connectivity index is 1.93. The van der Waals surface area contributed by atoms with Gasteiger partial charge in [0.25, 0.3) is 5.91 Å². The number of hydrogen-bond acceptors (Lipinski definition) is 3. The van der Waals surface area contributed by atoms with Gasteiger partial charge < -0.3 is 0 Å². The van der Waals surface area contributed by atoms with Crippen molar-refractivity contribution in [3.8, 4) is 0 Å². The molecule has 1 amide bonds. The maximum Gasteiger partial charge on any atom is 0.252 e. The van der Waals surface area contributed by atoms with Crippen molar-refractivity contribution in [3.05, 3.63) is 65.2 Å². The minimum Gasteiger partial charge on any atom is -0.289 e. The van der Waals surface area contributed by atoms with Gasteiger partial charge in [0, 0.05) is 17.3 Å². The largest absolute Gasteiger partial charge is 0.289 e. The van der Waals surface area contributed by atoms with Crippen LogP contribution < -0.4 is 5.01 Å². The number of hydrazone groups is 1. The topological polar surface area (TPSA) is 49.7 Å². The number of aryl methyl sites for hydroxylation is 1. The molecule has 0 atom stereocenters. The molecule has 1 aliphatic heterocycles. The molecule has 21 heavy (non-hydrogen) atoms. The lowest BCUT2D eigenvalue weighted by molar-refractivity contribution is -0.116. The maximum atomic E-state index is 12.5. The Hall–Kier alpha value is -2.75. The number of nitrogens with zero attached hydrogens (tertiary/aromatic N) is 2. The highest BCUT2D eigenvalue weighted by molar-refractivity contribution is 6.10. The van der Waals surface area contributed by atoms with Gasteiger partial charge in [-0.1, -0.05) is 30.3 Å². The lowest BCUT2D eigenvalue weighted by Crippen LogP contribution is -2.19. The lowest BCUT2D eigenvalue weighted by Gasteiger charge is -2.14. The minimum absolute atomic E-state index is 0.0177. The number of benzene rings is 2. The van der Waals surface area contributed by atoms with Crippen molar-refractivity contribution >= 4 is 23.6 Å². The molecule has 0 unspecified atom stereocenters. The highest BCUT2D eigenvalue weighted by Crippen LogP contribution is 2.23. The molecule has 0 aromatic heterocycles. The quantitative estimate of drug-likeness (QED) is 0.810. The van der Waals surface area contributed by atoms with Gasteiger partial charge in [0.05, 0.1) is 12.1 Å². The number of ketones is 1. The van der Waals surface area contributed by atoms with Crippen molar-refractivity contribution in [2.24, 2.45) is 5.10 Å². The molecule has 0 radical (unpaired) electrons. The van der Waals surface area contributed by atoms with Crippen LogP contribution in [0, 0.1) is 6.92 Å². The van der Waals surface area contributed by atoms with Crippen LogP contribution in [0.2, 0.25) is 0 Å². The second kappa shape index (κ2) is 5.32. The standard InChI is InChI=1S/C17H14N2O2/c1-12-11-14(19-16(20)9-10-18-19)7-8-15(12)17(21)13-5-3-2-4-6-13/h2-8,10-11H,9H2,1H3. The van der Waals surface area contributed by atoms with Gasteiger partial charge in [-0.15, -0.1) is 0 Å². The average Bonchev–Trinajstić information content (AvgIpc) is 2.93. The summed E-state index contributed by atoms with van der Waals surface area (Å²) in [6.07, 6.45) is 1.91. The molecular formula is C17H14N2O2. The predicted octanol–water partition coefficient (Wildman–Crippen LogP) is 2.95. The fourth-order valence-corrected chi connectivity index (χ4v) is 2.34. The summed E-state index contributed by atoms with van der Waals surface area (Å²) in [6.45, 7) is 1.87. The molecule has 0 aliphatic carbocycles. The molecule has 0 saturated heterocycles. The fraction of sp³-hybridized carbons (Fsp3) is 0.118. The Labute approximate surface area is 122 Å². The Morgan fingerprint density at radius 3 is 2.52 bits per heavy atom. The summed E-state index contributed by atoms with van der Waals surface area (Å²) >= 11 is 0. The van der Waals surface area contributed by atoms with Crippen molar-refractivity contribution in [2.45, 2.75) is 13.3 Å². The van der Waals surface area contributed by atoms with E-state index >= 15 is 0 Å². The Bertz CT molecular complexity index is 736. The van der Waals surface area contributed by atoms with Crippen LogP contribution in [0.3, 0.4) is 0 Å². The van der Waals surface area contributed by atoms with Gasteiger partial charge in [-0.2, -0.15) is 5.10 Å². The second-order valence-corrected chi connectivity index (χ2v) is 4.90. The third-order valence-corrected chi connectivity index (χ3v) is 3.43. The number of rotatable bonds is 3. The van der Waals surface area contributed by atoms with E-state index in [1.165, 1.54) is 5.01 Å². The van der Waals surface area contributed by atoms with Crippen LogP contribution in [0.1, 0.15) is 27.9 Å². The molecule has 0 bridgehead atoms. The maximum absolute atomic E-state index is 12.5. The second-order valence-electron chi connectivity index (χ2n) is 4.90. The molecule has 2 aromatic carbocycles. The monoisotopic (exact) mass is 278 g/mol. The van der Waals surface area contributed by atoms with Crippen LogP contribution in [0.15, 0.2) is 53.6 Å². The summed E-state index contributed by atoms with van der Waals surface area (Å²) in [7, 11) is 0. The molecular weight excluding hydrogens is 264 g/mol. The summed E-state index contributed by atoms with van der Waals surface area (Å²) in [4.78, 5) is 24.1. The van der Waals surface area contributed by atoms with E-state index in [1.807, 2.05) is 31.2 Å². The van der Waals surface area contributed by atoms with Crippen LogP contribution in [0.25, 0.3) is 0 Å². The molecule has 2 aromatic rings. The zero-order valence-electron chi connectivity index (χ0n) is 11.6. The first-order valence-corrected chi connectivity index (χ1v) is 6.72. The van der Waals surface area contributed by atoms with E-state index in [1.54, 1.807) is 30.5 Å². The number of hydrogen-bond donors (Lipinski definition) is 0. The number of carbonyl (C=O) groups excluding carboxylic acids is 2. The summed E-state index contributed by atoms with van der Waals surface area (Å²) in [6, 6.07) is 14.5. The third kappa shape index (κ3) is 2.48. The van der Waals surface area contributed by atoms with Gasteiger partial charge in [-0.3, -0.25) is 9.59 Å². The molecule has 104 valence electrons. The molecule has 0 saturated carbocycles. The van der Waals surface area contributed by atoms with E-state index in [-0.39, 0.29) is 11.7 Å². The molecule has 4 nitrogen and oxygen atoms in total. The molecule has 0 fully saturated rings. The number of amides is 1. The zero-order chi connectivity index (χ0) is 14.8. The third-order valence-electron chi connectivity index (χ3n) is 3.43. The van der Waals surface area contributed by atoms with E-state index in [9.17, 15) is 9.59 Å². The predicted molar refractivity (Wildman–Crippen MR) is 81.6 cm³/mol. The van der Waals surface area contributed by atoms with E-state index in [2.05, 4.69) is 5.10 Å². The van der Waals surface area contributed by atoms with Crippen LogP contribution in [0.5, 0.6) is 0 Å². The van der Waals surface area contributed by atoms with Crippen LogP contribution >= 0.6 is 0 Å². The zero-order valence-corrected chi connectivity index (χ0v) is 11.6. The van der Waals surface area contributed by atoms with Crippen LogP contribution in [0.4, 0.5) is 5.69 Å². The van der Waals surface area contributed by atoms with Crippen molar-refractivity contribution in [3.63, 3.8) is 0 Å². The summed E-state index contributed by atoms with van der Waals surface area (Å²) < 4.78 is 0. The normalized spacial score (nSPS) is 13.8. The lowest BCUT2D eigenvalue weighted by atomic mass is 9.98. The first-order valence-electron chi connectivity index (χ1n) is 6.72. The SMILES string of the molecule is Cc1cc(N2N=CCC2=O)ccc1C(=O)c1ccccc1. The summed E-state index contributed by atoms with van der Waals surface area (Å²) in [5.41, 5.74) is 2.82. The highest BCUT2D eigenvalue weighted by atomic mass is 16.2. The van der Waals surface area contributed by atoms with E-state index in [0.29, 0.717) is 23.2 Å². The molecule has 1 heterocycles. The van der Waals surface area contributed by atoms with Gasteiger partial charge in [0.2, 0.25) is 0 Å². The Morgan fingerprint density at radius 2 is 1.90 bits per heavy atom. The van der Waals surface area contributed by atoms with Crippen molar-refractivity contribution in [1.82, 2.24) is 0 Å². The molecule has 1 aliphatic rings. The van der Waals surface area contributed by atoms with E-state index in [4.69, 9.17) is 0 Å². The van der Waals surface area contributed by atoms with Crippen molar-refractivity contribution < 1.29 is 9.59 Å². The van der Waals surface area contributed by atoms with Gasteiger partial charge in [-0.05, 0) is 30.7 Å². The smallest absolute Gasteiger partial charge is 0.252 e. The first kappa shape index (κ1) is 13.2.